The van der Waals surface area contributed by atoms with Gasteiger partial charge in [0.2, 0.25) is 0 Å². The molecule has 4 nitrogen and oxygen atoms in total. The van der Waals surface area contributed by atoms with Crippen LogP contribution in [0.15, 0.2) is 22.7 Å². The maximum Gasteiger partial charge on any atom is 0.150 e. The summed E-state index contributed by atoms with van der Waals surface area (Å²) in [5.74, 6) is 0.859. The van der Waals surface area contributed by atoms with Crippen molar-refractivity contribution in [3.8, 4) is 10.7 Å². The van der Waals surface area contributed by atoms with Gasteiger partial charge in [0.05, 0.1) is 21.6 Å². The summed E-state index contributed by atoms with van der Waals surface area (Å²) in [6.45, 7) is 2.45. The first kappa shape index (κ1) is 11.8. The van der Waals surface area contributed by atoms with Crippen LogP contribution in [0.3, 0.4) is 0 Å². The number of H-pyrrole nitrogens is 1. The maximum atomic E-state index is 5.62. The highest BCUT2D eigenvalue weighted by molar-refractivity contribution is 9.10. The Morgan fingerprint density at radius 2 is 2.22 bits per heavy atom. The van der Waals surface area contributed by atoms with Gasteiger partial charge in [0.15, 0.2) is 5.82 Å². The first-order chi connectivity index (χ1) is 8.67. The highest BCUT2D eigenvalue weighted by Crippen LogP contribution is 2.30. The predicted octanol–water partition coefficient (Wildman–Crippen LogP) is 3.22. The Bertz CT molecular complexity index is 716. The first-order valence-electron chi connectivity index (χ1n) is 5.49. The molecule has 0 saturated carbocycles. The van der Waals surface area contributed by atoms with Gasteiger partial charge in [-0.2, -0.15) is 0 Å². The fraction of sp³-hybridized carbons (Fsp3) is 0.167. The number of benzene rings is 1. The monoisotopic (exact) mass is 322 g/mol. The average molecular weight is 323 g/mol. The van der Waals surface area contributed by atoms with E-state index in [1.54, 1.807) is 11.3 Å². The van der Waals surface area contributed by atoms with Gasteiger partial charge in [0.25, 0.3) is 0 Å². The van der Waals surface area contributed by atoms with Crippen molar-refractivity contribution in [3.63, 3.8) is 0 Å². The van der Waals surface area contributed by atoms with Crippen LogP contribution in [0.25, 0.3) is 21.7 Å². The van der Waals surface area contributed by atoms with Crippen molar-refractivity contribution in [2.75, 3.05) is 0 Å². The molecule has 3 aromatic rings. The zero-order chi connectivity index (χ0) is 12.7. The Balaban J connectivity index is 2.15. The van der Waals surface area contributed by atoms with Crippen molar-refractivity contribution in [1.29, 1.82) is 0 Å². The SMILES string of the molecule is Cc1nc(CN)sc1-c1nc2ccc(Br)cc2[nH]1. The van der Waals surface area contributed by atoms with Crippen molar-refractivity contribution < 1.29 is 0 Å². The summed E-state index contributed by atoms with van der Waals surface area (Å²) in [6.07, 6.45) is 0. The molecular formula is C12H11BrN4S. The van der Waals surface area contributed by atoms with Crippen LogP contribution in [0.1, 0.15) is 10.7 Å². The van der Waals surface area contributed by atoms with Crippen molar-refractivity contribution in [2.24, 2.45) is 5.73 Å². The smallest absolute Gasteiger partial charge is 0.150 e. The number of halogens is 1. The maximum absolute atomic E-state index is 5.62. The number of aromatic nitrogens is 3. The number of fused-ring (bicyclic) bond motifs is 1. The molecule has 2 heterocycles. The lowest BCUT2D eigenvalue weighted by molar-refractivity contribution is 1.02. The van der Waals surface area contributed by atoms with Gasteiger partial charge in [-0.3, -0.25) is 0 Å². The van der Waals surface area contributed by atoms with Crippen LogP contribution in [-0.2, 0) is 6.54 Å². The molecule has 0 aliphatic rings. The second-order valence-electron chi connectivity index (χ2n) is 3.97. The summed E-state index contributed by atoms with van der Waals surface area (Å²) in [4.78, 5) is 13.4. The van der Waals surface area contributed by atoms with E-state index in [0.717, 1.165) is 36.9 Å². The summed E-state index contributed by atoms with van der Waals surface area (Å²) in [7, 11) is 0. The van der Waals surface area contributed by atoms with Gasteiger partial charge < -0.3 is 10.7 Å². The molecule has 0 unspecified atom stereocenters. The van der Waals surface area contributed by atoms with Crippen molar-refractivity contribution in [2.45, 2.75) is 13.5 Å². The van der Waals surface area contributed by atoms with E-state index in [9.17, 15) is 0 Å². The molecule has 2 aromatic heterocycles. The highest BCUT2D eigenvalue weighted by Gasteiger charge is 2.12. The third kappa shape index (κ3) is 1.96. The van der Waals surface area contributed by atoms with Crippen LogP contribution < -0.4 is 5.73 Å². The minimum Gasteiger partial charge on any atom is -0.337 e. The standard InChI is InChI=1S/C12H11BrN4S/c1-6-11(18-10(5-14)15-6)12-16-8-3-2-7(13)4-9(8)17-12/h2-4H,5,14H2,1H3,(H,16,17). The van der Waals surface area contributed by atoms with Gasteiger partial charge in [0.1, 0.15) is 5.01 Å². The number of hydrogen-bond donors (Lipinski definition) is 2. The predicted molar refractivity (Wildman–Crippen MR) is 77.5 cm³/mol. The summed E-state index contributed by atoms with van der Waals surface area (Å²) >= 11 is 5.04. The van der Waals surface area contributed by atoms with E-state index >= 15 is 0 Å². The molecule has 92 valence electrons. The zero-order valence-corrected chi connectivity index (χ0v) is 12.1. The molecule has 0 spiro atoms. The summed E-state index contributed by atoms with van der Waals surface area (Å²) in [5, 5.41) is 0.934. The lowest BCUT2D eigenvalue weighted by atomic mass is 10.3. The van der Waals surface area contributed by atoms with Gasteiger partial charge in [0, 0.05) is 11.0 Å². The van der Waals surface area contributed by atoms with Crippen LogP contribution in [0.5, 0.6) is 0 Å². The van der Waals surface area contributed by atoms with Crippen LogP contribution in [0.2, 0.25) is 0 Å². The summed E-state index contributed by atoms with van der Waals surface area (Å²) < 4.78 is 1.04. The average Bonchev–Trinajstić information content (AvgIpc) is 2.91. The summed E-state index contributed by atoms with van der Waals surface area (Å²) in [6, 6.07) is 5.99. The molecule has 3 rings (SSSR count). The van der Waals surface area contributed by atoms with E-state index in [0.29, 0.717) is 6.54 Å². The zero-order valence-electron chi connectivity index (χ0n) is 9.70. The molecule has 0 fully saturated rings. The number of nitrogens with one attached hydrogen (secondary N) is 1. The molecule has 0 saturated heterocycles. The first-order valence-corrected chi connectivity index (χ1v) is 7.10. The van der Waals surface area contributed by atoms with E-state index in [-0.39, 0.29) is 0 Å². The van der Waals surface area contributed by atoms with Gasteiger partial charge in [-0.25, -0.2) is 9.97 Å². The van der Waals surface area contributed by atoms with Crippen molar-refractivity contribution >= 4 is 38.3 Å². The number of imidazole rings is 1. The lowest BCUT2D eigenvalue weighted by Gasteiger charge is -1.90. The van der Waals surface area contributed by atoms with Crippen LogP contribution in [0, 0.1) is 6.92 Å². The molecule has 0 atom stereocenters. The van der Waals surface area contributed by atoms with Crippen LogP contribution in [0.4, 0.5) is 0 Å². The van der Waals surface area contributed by atoms with Crippen LogP contribution in [-0.4, -0.2) is 15.0 Å². The van der Waals surface area contributed by atoms with E-state index in [1.165, 1.54) is 0 Å². The number of hydrogen-bond acceptors (Lipinski definition) is 4. The Morgan fingerprint density at radius 1 is 1.39 bits per heavy atom. The normalized spacial score (nSPS) is 11.3. The number of nitrogens with zero attached hydrogens (tertiary/aromatic N) is 2. The summed E-state index contributed by atoms with van der Waals surface area (Å²) in [5.41, 5.74) is 8.56. The molecule has 6 heteroatoms. The molecule has 0 aliphatic heterocycles. The van der Waals surface area contributed by atoms with E-state index in [1.807, 2.05) is 25.1 Å². The van der Waals surface area contributed by atoms with Crippen molar-refractivity contribution in [3.05, 3.63) is 33.4 Å². The van der Waals surface area contributed by atoms with Crippen LogP contribution >= 0.6 is 27.3 Å². The van der Waals surface area contributed by atoms with Gasteiger partial charge in [-0.05, 0) is 25.1 Å². The van der Waals surface area contributed by atoms with E-state index in [2.05, 4.69) is 30.9 Å². The molecular weight excluding hydrogens is 312 g/mol. The Morgan fingerprint density at radius 3 is 2.94 bits per heavy atom. The third-order valence-electron chi connectivity index (χ3n) is 2.67. The number of aryl methyl sites for hydroxylation is 1. The molecule has 3 N–H and O–H groups in total. The lowest BCUT2D eigenvalue weighted by Crippen LogP contribution is -1.94. The van der Waals surface area contributed by atoms with Gasteiger partial charge in [-0.15, -0.1) is 11.3 Å². The van der Waals surface area contributed by atoms with Gasteiger partial charge in [-0.1, -0.05) is 15.9 Å². The van der Waals surface area contributed by atoms with Gasteiger partial charge >= 0.3 is 0 Å². The molecule has 0 bridgehead atoms. The molecule has 0 radical (unpaired) electrons. The van der Waals surface area contributed by atoms with E-state index in [4.69, 9.17) is 5.73 Å². The molecule has 1 aromatic carbocycles. The quantitative estimate of drug-likeness (QED) is 0.761. The van der Waals surface area contributed by atoms with Crippen molar-refractivity contribution in [1.82, 2.24) is 15.0 Å². The Hall–Kier alpha value is -1.24. The number of rotatable bonds is 2. The number of nitrogens with two attached hydrogens (primary N) is 1. The minimum absolute atomic E-state index is 0.470. The Labute approximate surface area is 116 Å². The largest absolute Gasteiger partial charge is 0.337 e. The second-order valence-corrected chi connectivity index (χ2v) is 5.97. The van der Waals surface area contributed by atoms with E-state index < -0.39 is 0 Å². The fourth-order valence-electron chi connectivity index (χ4n) is 1.85. The Kier molecular flexibility index (Phi) is 2.93. The molecule has 18 heavy (non-hydrogen) atoms. The minimum atomic E-state index is 0.470. The third-order valence-corrected chi connectivity index (χ3v) is 4.35. The number of thiazole rings is 1. The second kappa shape index (κ2) is 4.46. The highest BCUT2D eigenvalue weighted by atomic mass is 79.9. The topological polar surface area (TPSA) is 67.6 Å². The fourth-order valence-corrected chi connectivity index (χ4v) is 3.10. The number of aromatic amines is 1. The molecule has 0 amide bonds. The molecule has 0 aliphatic carbocycles.